The number of guanidine groups is 1. The van der Waals surface area contributed by atoms with Crippen LogP contribution in [0.1, 0.15) is 12.1 Å². The molecule has 0 amide bonds. The maximum atomic E-state index is 7.92. The SMILES string of the molecule is Cl.Cl.Cl.N=C(N)N(CCCc1cnc[nH]1)CCN(c1ccccc1)c1ccccc1. The molecule has 0 atom stereocenters. The van der Waals surface area contributed by atoms with Gasteiger partial charge in [0.2, 0.25) is 0 Å². The van der Waals surface area contributed by atoms with E-state index in [0.29, 0.717) is 6.54 Å². The minimum atomic E-state index is 0. The fraction of sp³-hybridized carbons (Fsp3) is 0.238. The second-order valence-corrected chi connectivity index (χ2v) is 6.38. The zero-order valence-electron chi connectivity index (χ0n) is 16.6. The molecule has 1 heterocycles. The number of nitrogens with zero attached hydrogens (tertiary/aromatic N) is 3. The van der Waals surface area contributed by atoms with Gasteiger partial charge in [-0.3, -0.25) is 5.41 Å². The predicted octanol–water partition coefficient (Wildman–Crippen LogP) is 4.64. The molecule has 3 rings (SSSR count). The third-order valence-corrected chi connectivity index (χ3v) is 4.50. The van der Waals surface area contributed by atoms with Gasteiger partial charge in [-0.2, -0.15) is 0 Å². The Hall–Kier alpha value is -2.41. The molecule has 164 valence electrons. The number of aryl methyl sites for hydroxylation is 1. The van der Waals surface area contributed by atoms with E-state index >= 15 is 0 Å². The van der Waals surface area contributed by atoms with Crippen molar-refractivity contribution in [3.8, 4) is 0 Å². The van der Waals surface area contributed by atoms with Crippen molar-refractivity contribution in [1.29, 1.82) is 5.41 Å². The van der Waals surface area contributed by atoms with Crippen LogP contribution in [0.3, 0.4) is 0 Å². The highest BCUT2D eigenvalue weighted by atomic mass is 35.5. The van der Waals surface area contributed by atoms with Gasteiger partial charge in [0.1, 0.15) is 0 Å². The quantitative estimate of drug-likeness (QED) is 0.313. The molecule has 30 heavy (non-hydrogen) atoms. The fourth-order valence-corrected chi connectivity index (χ4v) is 3.08. The number of imidazole rings is 1. The molecular formula is C21H29Cl3N6. The predicted molar refractivity (Wildman–Crippen MR) is 132 cm³/mol. The monoisotopic (exact) mass is 470 g/mol. The number of rotatable bonds is 9. The van der Waals surface area contributed by atoms with E-state index < -0.39 is 0 Å². The molecule has 0 aliphatic carbocycles. The number of nitrogens with two attached hydrogens (primary N) is 1. The Morgan fingerprint density at radius 3 is 1.90 bits per heavy atom. The third kappa shape index (κ3) is 8.14. The van der Waals surface area contributed by atoms with Gasteiger partial charge in [-0.15, -0.1) is 37.2 Å². The first-order valence-corrected chi connectivity index (χ1v) is 9.18. The average Bonchev–Trinajstić information content (AvgIpc) is 3.22. The largest absolute Gasteiger partial charge is 0.370 e. The van der Waals surface area contributed by atoms with Gasteiger partial charge >= 0.3 is 0 Å². The molecule has 0 spiro atoms. The summed E-state index contributed by atoms with van der Waals surface area (Å²) < 4.78 is 0. The number of benzene rings is 2. The summed E-state index contributed by atoms with van der Waals surface area (Å²) in [7, 11) is 0. The molecule has 0 fully saturated rings. The van der Waals surface area contributed by atoms with E-state index in [1.807, 2.05) is 47.5 Å². The van der Waals surface area contributed by atoms with E-state index in [9.17, 15) is 0 Å². The van der Waals surface area contributed by atoms with Gasteiger partial charge in [-0.25, -0.2) is 4.98 Å². The summed E-state index contributed by atoms with van der Waals surface area (Å²) in [5.74, 6) is 0.112. The summed E-state index contributed by atoms with van der Waals surface area (Å²) in [5, 5.41) is 7.92. The van der Waals surface area contributed by atoms with Crippen LogP contribution in [0, 0.1) is 5.41 Å². The molecule has 0 bridgehead atoms. The Kier molecular flexibility index (Phi) is 13.4. The number of halogens is 3. The lowest BCUT2D eigenvalue weighted by molar-refractivity contribution is 0.410. The molecule has 3 aromatic rings. The Labute approximate surface area is 196 Å². The van der Waals surface area contributed by atoms with Crippen molar-refractivity contribution in [3.63, 3.8) is 0 Å². The molecule has 0 radical (unpaired) electrons. The summed E-state index contributed by atoms with van der Waals surface area (Å²) in [6, 6.07) is 20.6. The lowest BCUT2D eigenvalue weighted by Crippen LogP contribution is -2.41. The Morgan fingerprint density at radius 2 is 1.43 bits per heavy atom. The molecule has 0 unspecified atom stereocenters. The lowest BCUT2D eigenvalue weighted by atomic mass is 10.2. The zero-order chi connectivity index (χ0) is 18.9. The topological polar surface area (TPSA) is 85.0 Å². The van der Waals surface area contributed by atoms with Gasteiger partial charge in [-0.05, 0) is 37.1 Å². The van der Waals surface area contributed by atoms with Crippen molar-refractivity contribution in [1.82, 2.24) is 14.9 Å². The Morgan fingerprint density at radius 1 is 0.867 bits per heavy atom. The smallest absolute Gasteiger partial charge is 0.188 e. The van der Waals surface area contributed by atoms with Crippen LogP contribution in [-0.2, 0) is 6.42 Å². The van der Waals surface area contributed by atoms with Crippen molar-refractivity contribution in [3.05, 3.63) is 78.9 Å². The van der Waals surface area contributed by atoms with Crippen LogP contribution in [0.5, 0.6) is 0 Å². The second kappa shape index (κ2) is 14.6. The first kappa shape index (κ1) is 27.6. The maximum Gasteiger partial charge on any atom is 0.188 e. The number of aromatic nitrogens is 2. The molecular weight excluding hydrogens is 443 g/mol. The van der Waals surface area contributed by atoms with E-state index in [2.05, 4.69) is 39.1 Å². The Balaban J connectivity index is 0.00000280. The normalized spacial score (nSPS) is 9.47. The molecule has 0 aliphatic rings. The summed E-state index contributed by atoms with van der Waals surface area (Å²) >= 11 is 0. The summed E-state index contributed by atoms with van der Waals surface area (Å²) in [6.07, 6.45) is 5.34. The fourth-order valence-electron chi connectivity index (χ4n) is 3.08. The van der Waals surface area contributed by atoms with Crippen LogP contribution in [0.4, 0.5) is 11.4 Å². The van der Waals surface area contributed by atoms with Gasteiger partial charge in [-0.1, -0.05) is 36.4 Å². The van der Waals surface area contributed by atoms with Gasteiger partial charge in [0.25, 0.3) is 0 Å². The third-order valence-electron chi connectivity index (χ3n) is 4.50. The van der Waals surface area contributed by atoms with Crippen molar-refractivity contribution < 1.29 is 0 Å². The van der Waals surface area contributed by atoms with Crippen molar-refractivity contribution >= 4 is 54.6 Å². The van der Waals surface area contributed by atoms with Crippen LogP contribution in [0.25, 0.3) is 0 Å². The second-order valence-electron chi connectivity index (χ2n) is 6.38. The van der Waals surface area contributed by atoms with Crippen molar-refractivity contribution in [2.45, 2.75) is 12.8 Å². The van der Waals surface area contributed by atoms with E-state index in [1.54, 1.807) is 6.33 Å². The maximum absolute atomic E-state index is 7.92. The number of para-hydroxylation sites is 2. The molecule has 2 aromatic carbocycles. The molecule has 9 heteroatoms. The van der Waals surface area contributed by atoms with Crippen LogP contribution >= 0.6 is 37.2 Å². The van der Waals surface area contributed by atoms with Crippen molar-refractivity contribution in [2.24, 2.45) is 5.73 Å². The van der Waals surface area contributed by atoms with Gasteiger partial charge in [0, 0.05) is 42.9 Å². The first-order chi connectivity index (χ1) is 13.2. The van der Waals surface area contributed by atoms with Crippen LogP contribution in [0.2, 0.25) is 0 Å². The van der Waals surface area contributed by atoms with Crippen LogP contribution in [0.15, 0.2) is 73.2 Å². The summed E-state index contributed by atoms with van der Waals surface area (Å²) in [6.45, 7) is 2.17. The van der Waals surface area contributed by atoms with E-state index in [-0.39, 0.29) is 43.2 Å². The lowest BCUT2D eigenvalue weighted by Gasteiger charge is -2.29. The van der Waals surface area contributed by atoms with E-state index in [4.69, 9.17) is 11.1 Å². The van der Waals surface area contributed by atoms with Gasteiger partial charge < -0.3 is 20.5 Å². The van der Waals surface area contributed by atoms with Gasteiger partial charge in [0.05, 0.1) is 6.33 Å². The Bertz CT molecular complexity index is 776. The highest BCUT2D eigenvalue weighted by Gasteiger charge is 2.13. The minimum Gasteiger partial charge on any atom is -0.370 e. The number of hydrogen-bond donors (Lipinski definition) is 3. The van der Waals surface area contributed by atoms with E-state index in [0.717, 1.165) is 43.0 Å². The van der Waals surface area contributed by atoms with Gasteiger partial charge in [0.15, 0.2) is 5.96 Å². The average molecular weight is 472 g/mol. The summed E-state index contributed by atoms with van der Waals surface area (Å²) in [4.78, 5) is 11.3. The highest BCUT2D eigenvalue weighted by molar-refractivity contribution is 5.86. The first-order valence-electron chi connectivity index (χ1n) is 9.18. The van der Waals surface area contributed by atoms with Crippen LogP contribution < -0.4 is 10.6 Å². The highest BCUT2D eigenvalue weighted by Crippen LogP contribution is 2.24. The number of aromatic amines is 1. The molecule has 0 saturated carbocycles. The molecule has 4 N–H and O–H groups in total. The number of H-pyrrole nitrogens is 1. The number of anilines is 2. The molecule has 0 saturated heterocycles. The minimum absolute atomic E-state index is 0. The standard InChI is InChI=1S/C21H26N6.3ClH/c22-21(23)26(13-7-8-18-16-24-17-25-18)14-15-27(19-9-3-1-4-10-19)20-11-5-2-6-12-20;;;/h1-6,9-12,16-17H,7-8,13-15H2,(H3,22,23)(H,24,25);3*1H. The van der Waals surface area contributed by atoms with Crippen LogP contribution in [-0.4, -0.2) is 40.5 Å². The molecule has 0 aliphatic heterocycles. The van der Waals surface area contributed by atoms with E-state index in [1.165, 1.54) is 0 Å². The molecule has 6 nitrogen and oxygen atoms in total. The summed E-state index contributed by atoms with van der Waals surface area (Å²) in [5.41, 5.74) is 9.19. The number of nitrogens with one attached hydrogen (secondary N) is 2. The zero-order valence-corrected chi connectivity index (χ0v) is 19.1. The number of hydrogen-bond acceptors (Lipinski definition) is 3. The van der Waals surface area contributed by atoms with Crippen molar-refractivity contribution in [2.75, 3.05) is 24.5 Å². The molecule has 1 aromatic heterocycles.